The van der Waals surface area contributed by atoms with Gasteiger partial charge >= 0.3 is 0 Å². The Morgan fingerprint density at radius 3 is 2.81 bits per heavy atom. The molecule has 2 heterocycles. The van der Waals surface area contributed by atoms with Gasteiger partial charge in [-0.15, -0.1) is 0 Å². The van der Waals surface area contributed by atoms with Gasteiger partial charge in [0.1, 0.15) is 5.82 Å². The fraction of sp³-hybridized carbons (Fsp3) is 0.300. The highest BCUT2D eigenvalue weighted by molar-refractivity contribution is 6.04. The number of hydrogen-bond donors (Lipinski definition) is 1. The summed E-state index contributed by atoms with van der Waals surface area (Å²) < 4.78 is 19.0. The molecule has 1 aromatic heterocycles. The number of halogens is 1. The van der Waals surface area contributed by atoms with Crippen LogP contribution in [0.4, 0.5) is 4.39 Å². The number of nitrogens with zero attached hydrogens (tertiary/aromatic N) is 2. The third-order valence-corrected chi connectivity index (χ3v) is 5.04. The monoisotopic (exact) mass is 353 g/mol. The lowest BCUT2D eigenvalue weighted by molar-refractivity contribution is -0.0198. The molecule has 4 rings (SSSR count). The van der Waals surface area contributed by atoms with Gasteiger partial charge in [0.15, 0.2) is 5.69 Å². The van der Waals surface area contributed by atoms with Crippen molar-refractivity contribution in [3.05, 3.63) is 65.6 Å². The van der Waals surface area contributed by atoms with E-state index < -0.39 is 0 Å². The Labute approximate surface area is 150 Å². The number of rotatable bonds is 3. The van der Waals surface area contributed by atoms with E-state index in [0.29, 0.717) is 18.7 Å². The van der Waals surface area contributed by atoms with Crippen molar-refractivity contribution in [1.82, 2.24) is 15.1 Å². The van der Waals surface area contributed by atoms with Crippen molar-refractivity contribution in [3.63, 3.8) is 0 Å². The Balaban J connectivity index is 1.52. The number of nitrogens with one attached hydrogen (secondary N) is 1. The van der Waals surface area contributed by atoms with E-state index in [2.05, 4.69) is 10.2 Å². The molecule has 1 saturated heterocycles. The lowest BCUT2D eigenvalue weighted by Gasteiger charge is -2.35. The number of amides is 1. The molecule has 2 aromatic carbocycles. The Kier molecular flexibility index (Phi) is 4.42. The molecule has 1 N–H and O–H groups in total. The largest absolute Gasteiger partial charge is 0.373 e. The van der Waals surface area contributed by atoms with Gasteiger partial charge in [0.05, 0.1) is 11.6 Å². The van der Waals surface area contributed by atoms with Crippen molar-refractivity contribution >= 4 is 16.8 Å². The van der Waals surface area contributed by atoms with E-state index in [1.807, 2.05) is 31.3 Å². The van der Waals surface area contributed by atoms with E-state index in [-0.39, 0.29) is 23.9 Å². The number of fused-ring (bicyclic) bond motifs is 1. The van der Waals surface area contributed by atoms with Crippen molar-refractivity contribution in [2.75, 3.05) is 13.7 Å². The maximum absolute atomic E-state index is 13.1. The molecule has 1 aliphatic heterocycles. The summed E-state index contributed by atoms with van der Waals surface area (Å²) in [6.07, 6.45) is 1.30. The summed E-state index contributed by atoms with van der Waals surface area (Å²) in [6.45, 7) is 0.561. The molecule has 5 nitrogen and oxygen atoms in total. The summed E-state index contributed by atoms with van der Waals surface area (Å²) in [5.74, 6) is -0.369. The first-order valence-electron chi connectivity index (χ1n) is 8.71. The Bertz CT molecular complexity index is 922. The van der Waals surface area contributed by atoms with Crippen LogP contribution in [-0.4, -0.2) is 40.7 Å². The van der Waals surface area contributed by atoms with E-state index in [0.717, 1.165) is 22.9 Å². The zero-order valence-electron chi connectivity index (χ0n) is 14.5. The van der Waals surface area contributed by atoms with E-state index >= 15 is 0 Å². The molecular formula is C20H20FN3O2. The van der Waals surface area contributed by atoms with Crippen molar-refractivity contribution in [1.29, 1.82) is 0 Å². The first kappa shape index (κ1) is 16.7. The van der Waals surface area contributed by atoms with E-state index in [9.17, 15) is 9.18 Å². The molecule has 0 radical (unpaired) electrons. The number of para-hydroxylation sites is 1. The van der Waals surface area contributed by atoms with Gasteiger partial charge < -0.3 is 9.64 Å². The fourth-order valence-corrected chi connectivity index (χ4v) is 3.50. The number of hydrogen-bond acceptors (Lipinski definition) is 3. The molecule has 6 heteroatoms. The second kappa shape index (κ2) is 6.88. The second-order valence-electron chi connectivity index (χ2n) is 6.62. The average molecular weight is 353 g/mol. The minimum atomic E-state index is -0.265. The zero-order valence-corrected chi connectivity index (χ0v) is 14.5. The molecule has 1 aliphatic rings. The summed E-state index contributed by atoms with van der Waals surface area (Å²) in [7, 11) is 1.81. The second-order valence-corrected chi connectivity index (χ2v) is 6.62. The predicted octanol–water partition coefficient (Wildman–Crippen LogP) is 3.69. The quantitative estimate of drug-likeness (QED) is 0.781. The summed E-state index contributed by atoms with van der Waals surface area (Å²) in [5, 5.41) is 7.94. The topological polar surface area (TPSA) is 58.2 Å². The molecule has 0 spiro atoms. The van der Waals surface area contributed by atoms with Gasteiger partial charge in [-0.25, -0.2) is 4.39 Å². The number of benzene rings is 2. The molecule has 0 saturated carbocycles. The Morgan fingerprint density at radius 1 is 1.23 bits per heavy atom. The van der Waals surface area contributed by atoms with Crippen LogP contribution >= 0.6 is 0 Å². The van der Waals surface area contributed by atoms with Crippen LogP contribution in [0.3, 0.4) is 0 Å². The fourth-order valence-electron chi connectivity index (χ4n) is 3.50. The highest BCUT2D eigenvalue weighted by Gasteiger charge is 2.30. The van der Waals surface area contributed by atoms with Gasteiger partial charge in [0, 0.05) is 25.1 Å². The maximum atomic E-state index is 13.1. The smallest absolute Gasteiger partial charge is 0.274 e. The zero-order chi connectivity index (χ0) is 18.1. The maximum Gasteiger partial charge on any atom is 0.274 e. The summed E-state index contributed by atoms with van der Waals surface area (Å²) in [5.41, 5.74) is 2.22. The number of carbonyl (C=O) groups excluding carboxylic acids is 1. The number of aromatic nitrogens is 2. The molecule has 0 bridgehead atoms. The van der Waals surface area contributed by atoms with Crippen molar-refractivity contribution in [2.24, 2.45) is 0 Å². The first-order chi connectivity index (χ1) is 12.6. The number of ether oxygens (including phenoxy) is 1. The van der Waals surface area contributed by atoms with Crippen LogP contribution in [0.25, 0.3) is 10.9 Å². The van der Waals surface area contributed by atoms with Gasteiger partial charge in [0.25, 0.3) is 5.91 Å². The van der Waals surface area contributed by atoms with Crippen LogP contribution in [0, 0.1) is 5.82 Å². The Hall–Kier alpha value is -2.73. The lowest BCUT2D eigenvalue weighted by Crippen LogP contribution is -2.41. The van der Waals surface area contributed by atoms with E-state index in [1.54, 1.807) is 17.0 Å². The third-order valence-electron chi connectivity index (χ3n) is 5.04. The summed E-state index contributed by atoms with van der Waals surface area (Å²) in [6, 6.07) is 14.0. The summed E-state index contributed by atoms with van der Waals surface area (Å²) >= 11 is 0. The van der Waals surface area contributed by atoms with Gasteiger partial charge in [-0.05, 0) is 36.6 Å². The third kappa shape index (κ3) is 3.08. The number of H-pyrrole nitrogens is 1. The molecule has 0 aliphatic carbocycles. The Morgan fingerprint density at radius 2 is 2.00 bits per heavy atom. The van der Waals surface area contributed by atoms with E-state index in [4.69, 9.17) is 4.74 Å². The number of aromatic amines is 1. The molecule has 1 fully saturated rings. The molecule has 2 unspecified atom stereocenters. The van der Waals surface area contributed by atoms with E-state index in [1.165, 1.54) is 12.1 Å². The van der Waals surface area contributed by atoms with Crippen LogP contribution in [0.1, 0.15) is 35.0 Å². The van der Waals surface area contributed by atoms with Gasteiger partial charge in [0.2, 0.25) is 0 Å². The van der Waals surface area contributed by atoms with Crippen molar-refractivity contribution in [3.8, 4) is 0 Å². The minimum Gasteiger partial charge on any atom is -0.373 e. The predicted molar refractivity (Wildman–Crippen MR) is 96.3 cm³/mol. The molecular weight excluding hydrogens is 333 g/mol. The molecule has 1 amide bonds. The molecule has 26 heavy (non-hydrogen) atoms. The highest BCUT2D eigenvalue weighted by atomic mass is 19.1. The van der Waals surface area contributed by atoms with Crippen LogP contribution in [0.2, 0.25) is 0 Å². The van der Waals surface area contributed by atoms with Crippen LogP contribution in [0.5, 0.6) is 0 Å². The normalized spacial score (nSPS) is 20.2. The van der Waals surface area contributed by atoms with Crippen LogP contribution in [-0.2, 0) is 4.74 Å². The molecule has 2 atom stereocenters. The molecule has 3 aromatic rings. The van der Waals surface area contributed by atoms with Gasteiger partial charge in [-0.1, -0.05) is 30.3 Å². The highest BCUT2D eigenvalue weighted by Crippen LogP contribution is 2.31. The minimum absolute atomic E-state index is 0.0433. The standard InChI is InChI=1S/C20H20FN3O2/c1-24(20(25)19-16-4-2-3-5-17(16)22-23-19)15-10-11-26-18(12-15)13-6-8-14(21)9-7-13/h2-9,15,18H,10-12H2,1H3,(H,22,23). The van der Waals surface area contributed by atoms with Crippen LogP contribution in [0.15, 0.2) is 48.5 Å². The lowest BCUT2D eigenvalue weighted by atomic mass is 9.96. The van der Waals surface area contributed by atoms with Crippen molar-refractivity contribution < 1.29 is 13.9 Å². The van der Waals surface area contributed by atoms with Gasteiger partial charge in [-0.2, -0.15) is 5.10 Å². The van der Waals surface area contributed by atoms with Crippen molar-refractivity contribution in [2.45, 2.75) is 25.0 Å². The molecule has 134 valence electrons. The first-order valence-corrected chi connectivity index (χ1v) is 8.71. The number of carbonyl (C=O) groups is 1. The summed E-state index contributed by atoms with van der Waals surface area (Å²) in [4.78, 5) is 14.7. The average Bonchev–Trinajstić information content (AvgIpc) is 3.11. The van der Waals surface area contributed by atoms with Gasteiger partial charge in [-0.3, -0.25) is 9.89 Å². The SMILES string of the molecule is CN(C(=O)c1n[nH]c2ccccc12)C1CCOC(c2ccc(F)cc2)C1. The van der Waals surface area contributed by atoms with Crippen LogP contribution < -0.4 is 0 Å².